The summed E-state index contributed by atoms with van der Waals surface area (Å²) in [5.41, 5.74) is 11.8. The summed E-state index contributed by atoms with van der Waals surface area (Å²) in [6.45, 7) is 0. The summed E-state index contributed by atoms with van der Waals surface area (Å²) >= 11 is 1.72. The van der Waals surface area contributed by atoms with Gasteiger partial charge in [0.15, 0.2) is 0 Å². The molecule has 0 bridgehead atoms. The lowest BCUT2D eigenvalue weighted by atomic mass is 10.0. The topological polar surface area (TPSA) is 56.5 Å². The molecule has 0 unspecified atom stereocenters. The molecule has 9 rings (SSSR count). The average molecular weight is 608 g/mol. The van der Waals surface area contributed by atoms with E-state index >= 15 is 0 Å². The molecule has 0 aliphatic rings. The summed E-state index contributed by atoms with van der Waals surface area (Å²) in [5, 5.41) is 3.40. The van der Waals surface area contributed by atoms with Crippen molar-refractivity contribution in [2.24, 2.45) is 0 Å². The third-order valence-electron chi connectivity index (χ3n) is 8.44. The summed E-state index contributed by atoms with van der Waals surface area (Å²) in [6, 6.07) is 42.6. The standard InChI is InChI=1S/C40H25N5S/c1-2-11-37-33(9-1)34-14-12-27(40-44-36-15-13-26(23-39(36)46-40)28-7-5-16-41-24-28)22-38(34)45(37)32-20-30(29-8-6-17-42-25-29)19-31(21-32)35-10-3-4-18-43-35/h1-25H. The molecule has 0 radical (unpaired) electrons. The molecule has 0 fully saturated rings. The number of rotatable bonds is 5. The maximum absolute atomic E-state index is 5.07. The SMILES string of the molecule is c1ccc(-c2cc(-c3cccnc3)cc(-n3c4ccccc4c4ccc(-c5nc6ccc(-c7cccnc7)cc6s5)cc43)c2)nc1. The highest BCUT2D eigenvalue weighted by Gasteiger charge is 2.17. The lowest BCUT2D eigenvalue weighted by Crippen LogP contribution is -1.96. The summed E-state index contributed by atoms with van der Waals surface area (Å²) in [4.78, 5) is 18.5. The van der Waals surface area contributed by atoms with Crippen molar-refractivity contribution in [2.75, 3.05) is 0 Å². The maximum Gasteiger partial charge on any atom is 0.124 e. The highest BCUT2D eigenvalue weighted by molar-refractivity contribution is 7.21. The van der Waals surface area contributed by atoms with Crippen LogP contribution in [0.3, 0.4) is 0 Å². The molecular weight excluding hydrogens is 583 g/mol. The first-order valence-corrected chi connectivity index (χ1v) is 15.9. The highest BCUT2D eigenvalue weighted by atomic mass is 32.1. The van der Waals surface area contributed by atoms with E-state index in [9.17, 15) is 0 Å². The minimum absolute atomic E-state index is 0.927. The van der Waals surface area contributed by atoms with Crippen LogP contribution < -0.4 is 0 Å². The summed E-state index contributed by atoms with van der Waals surface area (Å²) < 4.78 is 3.52. The number of thiazole rings is 1. The van der Waals surface area contributed by atoms with Crippen molar-refractivity contribution < 1.29 is 0 Å². The van der Waals surface area contributed by atoms with Gasteiger partial charge in [-0.1, -0.05) is 54.6 Å². The Morgan fingerprint density at radius 3 is 2.07 bits per heavy atom. The van der Waals surface area contributed by atoms with E-state index < -0.39 is 0 Å². The van der Waals surface area contributed by atoms with E-state index in [1.54, 1.807) is 17.5 Å². The third kappa shape index (κ3) is 4.55. The zero-order chi connectivity index (χ0) is 30.5. The number of para-hydroxylation sites is 1. The van der Waals surface area contributed by atoms with Crippen LogP contribution in [-0.2, 0) is 0 Å². The van der Waals surface area contributed by atoms with E-state index in [-0.39, 0.29) is 0 Å². The van der Waals surface area contributed by atoms with Crippen LogP contribution in [0.5, 0.6) is 0 Å². The molecule has 0 aliphatic heterocycles. The average Bonchev–Trinajstić information content (AvgIpc) is 3.71. The first-order chi connectivity index (χ1) is 22.8. The normalized spacial score (nSPS) is 11.5. The van der Waals surface area contributed by atoms with E-state index in [0.717, 1.165) is 71.0 Å². The Hall–Kier alpha value is -5.98. The fourth-order valence-electron chi connectivity index (χ4n) is 6.26. The van der Waals surface area contributed by atoms with Crippen LogP contribution in [0, 0.1) is 0 Å². The first kappa shape index (κ1) is 26.4. The Morgan fingerprint density at radius 2 is 1.26 bits per heavy atom. The Morgan fingerprint density at radius 1 is 0.500 bits per heavy atom. The van der Waals surface area contributed by atoms with E-state index in [1.807, 2.05) is 49.1 Å². The first-order valence-electron chi connectivity index (χ1n) is 15.1. The zero-order valence-corrected chi connectivity index (χ0v) is 25.4. The van der Waals surface area contributed by atoms with Crippen molar-refractivity contribution in [3.05, 3.63) is 152 Å². The van der Waals surface area contributed by atoms with Gasteiger partial charge in [0.05, 0.1) is 26.9 Å². The number of hydrogen-bond donors (Lipinski definition) is 0. The molecule has 0 saturated heterocycles. The van der Waals surface area contributed by atoms with Crippen LogP contribution in [0.15, 0.2) is 152 Å². The molecule has 5 heterocycles. The number of pyridine rings is 3. The van der Waals surface area contributed by atoms with Crippen molar-refractivity contribution in [1.29, 1.82) is 0 Å². The van der Waals surface area contributed by atoms with Gasteiger partial charge in [-0.2, -0.15) is 0 Å². The summed E-state index contributed by atoms with van der Waals surface area (Å²) in [5.74, 6) is 0. The zero-order valence-electron chi connectivity index (χ0n) is 24.6. The minimum atomic E-state index is 0.927. The molecule has 0 amide bonds. The molecule has 5 nitrogen and oxygen atoms in total. The van der Waals surface area contributed by atoms with Crippen LogP contribution >= 0.6 is 11.3 Å². The van der Waals surface area contributed by atoms with Gasteiger partial charge in [-0.15, -0.1) is 11.3 Å². The van der Waals surface area contributed by atoms with Crippen molar-refractivity contribution in [2.45, 2.75) is 0 Å². The molecular formula is C40H25N5S. The predicted octanol–water partition coefficient (Wildman–Crippen LogP) is 10.2. The molecule has 4 aromatic carbocycles. The number of nitrogens with zero attached hydrogens (tertiary/aromatic N) is 5. The van der Waals surface area contributed by atoms with Gasteiger partial charge in [-0.3, -0.25) is 15.0 Å². The number of fused-ring (bicyclic) bond motifs is 4. The molecule has 0 aliphatic carbocycles. The molecule has 0 spiro atoms. The van der Waals surface area contributed by atoms with Gasteiger partial charge in [0.25, 0.3) is 0 Å². The Balaban J connectivity index is 1.25. The van der Waals surface area contributed by atoms with Crippen LogP contribution in [0.4, 0.5) is 0 Å². The lowest BCUT2D eigenvalue weighted by Gasteiger charge is -2.13. The van der Waals surface area contributed by atoms with E-state index in [4.69, 9.17) is 9.97 Å². The van der Waals surface area contributed by atoms with Gasteiger partial charge in [0.1, 0.15) is 5.01 Å². The van der Waals surface area contributed by atoms with Gasteiger partial charge >= 0.3 is 0 Å². The smallest absolute Gasteiger partial charge is 0.124 e. The molecule has 6 heteroatoms. The largest absolute Gasteiger partial charge is 0.309 e. The molecule has 0 saturated carbocycles. The molecule has 0 N–H and O–H groups in total. The number of benzene rings is 4. The number of hydrogen-bond acceptors (Lipinski definition) is 5. The van der Waals surface area contributed by atoms with Gasteiger partial charge in [-0.05, 0) is 77.9 Å². The maximum atomic E-state index is 5.07. The Labute approximate surface area is 269 Å². The predicted molar refractivity (Wildman–Crippen MR) is 189 cm³/mol. The van der Waals surface area contributed by atoms with Gasteiger partial charge in [0.2, 0.25) is 0 Å². The summed E-state index contributed by atoms with van der Waals surface area (Å²) in [6.07, 6.45) is 9.27. The quantitative estimate of drug-likeness (QED) is 0.195. The second-order valence-corrected chi connectivity index (χ2v) is 12.3. The van der Waals surface area contributed by atoms with Crippen LogP contribution in [0.1, 0.15) is 0 Å². The molecule has 9 aromatic rings. The Kier molecular flexibility index (Phi) is 6.25. The third-order valence-corrected chi connectivity index (χ3v) is 9.50. The van der Waals surface area contributed by atoms with Crippen LogP contribution in [-0.4, -0.2) is 24.5 Å². The van der Waals surface area contributed by atoms with Crippen LogP contribution in [0.25, 0.3) is 81.8 Å². The minimum Gasteiger partial charge on any atom is -0.309 e. The van der Waals surface area contributed by atoms with Gasteiger partial charge in [-0.25, -0.2) is 4.98 Å². The van der Waals surface area contributed by atoms with Crippen molar-refractivity contribution in [3.63, 3.8) is 0 Å². The second kappa shape index (κ2) is 10.9. The van der Waals surface area contributed by atoms with E-state index in [2.05, 4.69) is 112 Å². The fourth-order valence-corrected chi connectivity index (χ4v) is 7.27. The van der Waals surface area contributed by atoms with Crippen LogP contribution in [0.2, 0.25) is 0 Å². The van der Waals surface area contributed by atoms with Gasteiger partial charge < -0.3 is 4.57 Å². The van der Waals surface area contributed by atoms with Crippen molar-refractivity contribution in [1.82, 2.24) is 24.5 Å². The molecule has 46 heavy (non-hydrogen) atoms. The summed E-state index contributed by atoms with van der Waals surface area (Å²) in [7, 11) is 0. The number of aromatic nitrogens is 5. The second-order valence-electron chi connectivity index (χ2n) is 11.3. The monoisotopic (exact) mass is 607 g/mol. The lowest BCUT2D eigenvalue weighted by molar-refractivity contribution is 1.18. The van der Waals surface area contributed by atoms with Crippen molar-refractivity contribution >= 4 is 43.4 Å². The van der Waals surface area contributed by atoms with Crippen molar-refractivity contribution in [3.8, 4) is 49.8 Å². The Bertz CT molecular complexity index is 2460. The van der Waals surface area contributed by atoms with E-state index in [0.29, 0.717) is 0 Å². The molecule has 5 aromatic heterocycles. The molecule has 0 atom stereocenters. The fraction of sp³-hybridized carbons (Fsp3) is 0. The highest BCUT2D eigenvalue weighted by Crippen LogP contribution is 2.39. The van der Waals surface area contributed by atoms with E-state index in [1.165, 1.54) is 10.8 Å². The van der Waals surface area contributed by atoms with Gasteiger partial charge in [0, 0.05) is 69.7 Å². The molecule has 216 valence electrons.